The number of aromatic nitrogens is 1. The van der Waals surface area contributed by atoms with E-state index in [0.29, 0.717) is 10.7 Å². The molecule has 2 rings (SSSR count). The summed E-state index contributed by atoms with van der Waals surface area (Å²) in [7, 11) is 0. The topological polar surface area (TPSA) is 97.3 Å². The van der Waals surface area contributed by atoms with Crippen molar-refractivity contribution < 1.29 is 4.79 Å². The molecule has 1 saturated heterocycles. The van der Waals surface area contributed by atoms with Crippen LogP contribution in [-0.4, -0.2) is 35.6 Å². The molecule has 7 heteroatoms. The molecule has 1 aromatic rings. The number of nitrogens with one attached hydrogen (secondary N) is 1. The van der Waals surface area contributed by atoms with Gasteiger partial charge in [0, 0.05) is 24.7 Å². The van der Waals surface area contributed by atoms with Crippen molar-refractivity contribution >= 4 is 28.2 Å². The number of rotatable bonds is 5. The van der Waals surface area contributed by atoms with E-state index in [1.807, 2.05) is 6.92 Å². The monoisotopic (exact) mass is 311 g/mol. The van der Waals surface area contributed by atoms with Gasteiger partial charge in [0.05, 0.1) is 0 Å². The number of nitrogens with two attached hydrogens (primary N) is 2. The minimum Gasteiger partial charge on any atom is -0.382 e. The molecule has 0 aromatic carbocycles. The highest BCUT2D eigenvalue weighted by atomic mass is 32.1. The SMILES string of the molecule is CCC(C)(CC)NC(=O)c1sc(N2CCC(N)C2)nc1N. The van der Waals surface area contributed by atoms with Gasteiger partial charge in [-0.05, 0) is 26.2 Å². The molecular weight excluding hydrogens is 286 g/mol. The average Bonchev–Trinajstić information content (AvgIpc) is 3.04. The van der Waals surface area contributed by atoms with Crippen LogP contribution in [0.5, 0.6) is 0 Å². The number of anilines is 2. The Bertz CT molecular complexity index is 511. The second kappa shape index (κ2) is 6.19. The lowest BCUT2D eigenvalue weighted by Crippen LogP contribution is -2.44. The molecule has 2 heterocycles. The van der Waals surface area contributed by atoms with Gasteiger partial charge in [-0.15, -0.1) is 0 Å². The number of carbonyl (C=O) groups is 1. The van der Waals surface area contributed by atoms with E-state index in [2.05, 4.69) is 29.0 Å². The van der Waals surface area contributed by atoms with Crippen LogP contribution in [0.2, 0.25) is 0 Å². The molecule has 1 aliphatic rings. The highest BCUT2D eigenvalue weighted by molar-refractivity contribution is 7.18. The minimum absolute atomic E-state index is 0.133. The summed E-state index contributed by atoms with van der Waals surface area (Å²) in [6, 6.07) is 0.177. The van der Waals surface area contributed by atoms with E-state index < -0.39 is 0 Å². The van der Waals surface area contributed by atoms with Crippen molar-refractivity contribution in [2.45, 2.75) is 51.6 Å². The zero-order valence-corrected chi connectivity index (χ0v) is 13.8. The molecule has 1 atom stereocenters. The third-order valence-electron chi connectivity index (χ3n) is 4.32. The normalized spacial score (nSPS) is 19.0. The predicted molar refractivity (Wildman–Crippen MR) is 87.8 cm³/mol. The van der Waals surface area contributed by atoms with Crippen LogP contribution in [-0.2, 0) is 0 Å². The maximum atomic E-state index is 12.4. The summed E-state index contributed by atoms with van der Waals surface area (Å²) in [5.41, 5.74) is 11.6. The summed E-state index contributed by atoms with van der Waals surface area (Å²) in [5, 5.41) is 3.86. The molecule has 1 fully saturated rings. The molecule has 0 saturated carbocycles. The first-order valence-corrected chi connectivity index (χ1v) is 8.29. The molecule has 1 aliphatic heterocycles. The zero-order valence-electron chi connectivity index (χ0n) is 13.0. The fourth-order valence-electron chi connectivity index (χ4n) is 2.34. The van der Waals surface area contributed by atoms with Crippen molar-refractivity contribution in [1.29, 1.82) is 0 Å². The van der Waals surface area contributed by atoms with Crippen molar-refractivity contribution in [3.8, 4) is 0 Å². The molecule has 1 unspecified atom stereocenters. The van der Waals surface area contributed by atoms with Gasteiger partial charge in [-0.3, -0.25) is 4.79 Å². The largest absolute Gasteiger partial charge is 0.382 e. The Labute approximate surface area is 129 Å². The molecule has 5 N–H and O–H groups in total. The van der Waals surface area contributed by atoms with Crippen LogP contribution in [0.25, 0.3) is 0 Å². The molecular formula is C14H25N5OS. The Morgan fingerprint density at radius 2 is 2.19 bits per heavy atom. The van der Waals surface area contributed by atoms with Gasteiger partial charge in [0.25, 0.3) is 5.91 Å². The highest BCUT2D eigenvalue weighted by Crippen LogP contribution is 2.30. The summed E-state index contributed by atoms with van der Waals surface area (Å²) in [4.78, 5) is 19.4. The lowest BCUT2D eigenvalue weighted by atomic mass is 9.95. The first-order valence-electron chi connectivity index (χ1n) is 7.48. The number of nitrogen functional groups attached to an aromatic ring is 1. The summed E-state index contributed by atoms with van der Waals surface area (Å²) < 4.78 is 0. The van der Waals surface area contributed by atoms with Crippen molar-refractivity contribution in [3.63, 3.8) is 0 Å². The summed E-state index contributed by atoms with van der Waals surface area (Å²) in [6.45, 7) is 7.82. The van der Waals surface area contributed by atoms with E-state index in [0.717, 1.165) is 37.5 Å². The van der Waals surface area contributed by atoms with E-state index in [9.17, 15) is 4.79 Å². The second-order valence-electron chi connectivity index (χ2n) is 5.93. The minimum atomic E-state index is -0.205. The van der Waals surface area contributed by atoms with Crippen LogP contribution in [0.15, 0.2) is 0 Å². The fourth-order valence-corrected chi connectivity index (χ4v) is 3.25. The smallest absolute Gasteiger partial charge is 0.265 e. The van der Waals surface area contributed by atoms with Crippen molar-refractivity contribution in [1.82, 2.24) is 10.3 Å². The van der Waals surface area contributed by atoms with Crippen LogP contribution < -0.4 is 21.7 Å². The van der Waals surface area contributed by atoms with E-state index in [-0.39, 0.29) is 17.5 Å². The van der Waals surface area contributed by atoms with Gasteiger partial charge in [-0.2, -0.15) is 0 Å². The Hall–Kier alpha value is -1.34. The Kier molecular flexibility index (Phi) is 4.73. The zero-order chi connectivity index (χ0) is 15.6. The van der Waals surface area contributed by atoms with Crippen molar-refractivity contribution in [3.05, 3.63) is 4.88 Å². The molecule has 0 bridgehead atoms. The number of hydrogen-bond donors (Lipinski definition) is 3. The Morgan fingerprint density at radius 1 is 1.52 bits per heavy atom. The summed E-state index contributed by atoms with van der Waals surface area (Å²) in [5.74, 6) is 0.175. The van der Waals surface area contributed by atoms with Crippen molar-refractivity contribution in [2.75, 3.05) is 23.7 Å². The molecule has 118 valence electrons. The van der Waals surface area contributed by atoms with Gasteiger partial charge in [0.15, 0.2) is 5.13 Å². The molecule has 1 amide bonds. The van der Waals surface area contributed by atoms with E-state index in [1.165, 1.54) is 11.3 Å². The van der Waals surface area contributed by atoms with Gasteiger partial charge < -0.3 is 21.7 Å². The van der Waals surface area contributed by atoms with Crippen molar-refractivity contribution in [2.24, 2.45) is 5.73 Å². The number of nitrogens with zero attached hydrogens (tertiary/aromatic N) is 2. The van der Waals surface area contributed by atoms with E-state index >= 15 is 0 Å². The van der Waals surface area contributed by atoms with Gasteiger partial charge in [-0.25, -0.2) is 4.98 Å². The third-order valence-corrected chi connectivity index (χ3v) is 5.45. The highest BCUT2D eigenvalue weighted by Gasteiger charge is 2.28. The van der Waals surface area contributed by atoms with Crippen LogP contribution in [0.4, 0.5) is 10.9 Å². The maximum absolute atomic E-state index is 12.4. The molecule has 0 radical (unpaired) electrons. The fraction of sp³-hybridized carbons (Fsp3) is 0.714. The number of amides is 1. The first-order chi connectivity index (χ1) is 9.88. The van der Waals surface area contributed by atoms with Crippen LogP contribution in [0, 0.1) is 0 Å². The predicted octanol–water partition coefficient (Wildman–Crippen LogP) is 1.57. The molecule has 21 heavy (non-hydrogen) atoms. The first kappa shape index (κ1) is 16.0. The second-order valence-corrected chi connectivity index (χ2v) is 6.90. The van der Waals surface area contributed by atoms with Crippen LogP contribution in [0.1, 0.15) is 49.7 Å². The molecule has 0 spiro atoms. The average molecular weight is 311 g/mol. The number of thiazole rings is 1. The molecule has 0 aliphatic carbocycles. The number of carbonyl (C=O) groups excluding carboxylic acids is 1. The Balaban J connectivity index is 2.13. The lowest BCUT2D eigenvalue weighted by molar-refractivity contribution is 0.0906. The number of hydrogen-bond acceptors (Lipinski definition) is 6. The third kappa shape index (κ3) is 3.47. The van der Waals surface area contributed by atoms with Gasteiger partial charge >= 0.3 is 0 Å². The quantitative estimate of drug-likeness (QED) is 0.767. The van der Waals surface area contributed by atoms with Crippen LogP contribution in [0.3, 0.4) is 0 Å². The standard InChI is InChI=1S/C14H25N5OS/c1-4-14(3,5-2)18-12(20)10-11(16)17-13(21-10)19-7-6-9(15)8-19/h9H,4-8,15-16H2,1-3H3,(H,18,20). The van der Waals surface area contributed by atoms with Gasteiger partial charge in [-0.1, -0.05) is 25.2 Å². The Morgan fingerprint density at radius 3 is 2.71 bits per heavy atom. The van der Waals surface area contributed by atoms with Crippen LogP contribution >= 0.6 is 11.3 Å². The van der Waals surface area contributed by atoms with E-state index in [1.54, 1.807) is 0 Å². The van der Waals surface area contributed by atoms with Gasteiger partial charge in [0.1, 0.15) is 10.7 Å². The molecule has 6 nitrogen and oxygen atoms in total. The summed E-state index contributed by atoms with van der Waals surface area (Å²) in [6.07, 6.45) is 2.70. The van der Waals surface area contributed by atoms with E-state index in [4.69, 9.17) is 11.5 Å². The molecule has 1 aromatic heterocycles. The maximum Gasteiger partial charge on any atom is 0.265 e. The lowest BCUT2D eigenvalue weighted by Gasteiger charge is -2.27. The summed E-state index contributed by atoms with van der Waals surface area (Å²) >= 11 is 1.35. The van der Waals surface area contributed by atoms with Gasteiger partial charge in [0.2, 0.25) is 0 Å².